The minimum atomic E-state index is 0.579. The van der Waals surface area contributed by atoms with Crippen molar-refractivity contribution in [2.45, 2.75) is 52.1 Å². The molecular weight excluding hydrogens is 262 g/mol. The number of hydrogen-bond acceptors (Lipinski definition) is 2. The molecule has 2 N–H and O–H groups in total. The average molecular weight is 289 g/mol. The Bertz CT molecular complexity index is 479. The molecule has 0 aromatic heterocycles. The van der Waals surface area contributed by atoms with Crippen LogP contribution in [0.1, 0.15) is 43.7 Å². The molecule has 2 rings (SSSR count). The van der Waals surface area contributed by atoms with Gasteiger partial charge in [-0.25, -0.2) is 4.99 Å². The average Bonchev–Trinajstić information content (AvgIpc) is 2.99. The Balaban J connectivity index is 2.00. The fourth-order valence-corrected chi connectivity index (χ4v) is 2.72. The van der Waals surface area contributed by atoms with Crippen LogP contribution in [0, 0.1) is 6.92 Å². The molecule has 0 aliphatic heterocycles. The monoisotopic (exact) mass is 289 g/mol. The highest BCUT2D eigenvalue weighted by atomic mass is 16.5. The van der Waals surface area contributed by atoms with E-state index < -0.39 is 0 Å². The second kappa shape index (κ2) is 7.91. The van der Waals surface area contributed by atoms with E-state index in [1.165, 1.54) is 31.2 Å². The zero-order valence-electron chi connectivity index (χ0n) is 13.4. The quantitative estimate of drug-likeness (QED) is 0.647. The molecule has 21 heavy (non-hydrogen) atoms. The van der Waals surface area contributed by atoms with Crippen LogP contribution < -0.4 is 15.4 Å². The highest BCUT2D eigenvalue weighted by Crippen LogP contribution is 2.20. The zero-order valence-corrected chi connectivity index (χ0v) is 13.4. The second-order valence-corrected chi connectivity index (χ2v) is 5.62. The topological polar surface area (TPSA) is 45.7 Å². The number of hydrogen-bond donors (Lipinski definition) is 2. The van der Waals surface area contributed by atoms with Gasteiger partial charge in [0.2, 0.25) is 0 Å². The highest BCUT2D eigenvalue weighted by molar-refractivity contribution is 5.80. The van der Waals surface area contributed by atoms with E-state index in [1.807, 2.05) is 0 Å². The van der Waals surface area contributed by atoms with Crippen molar-refractivity contribution in [1.82, 2.24) is 10.6 Å². The Morgan fingerprint density at radius 3 is 2.76 bits per heavy atom. The summed E-state index contributed by atoms with van der Waals surface area (Å²) in [7, 11) is 1.71. The third-order valence-corrected chi connectivity index (χ3v) is 3.93. The van der Waals surface area contributed by atoms with Gasteiger partial charge in [-0.05, 0) is 43.9 Å². The maximum absolute atomic E-state index is 5.37. The lowest BCUT2D eigenvalue weighted by molar-refractivity contribution is 0.411. The maximum Gasteiger partial charge on any atom is 0.191 e. The predicted molar refractivity (Wildman–Crippen MR) is 87.9 cm³/mol. The number of benzene rings is 1. The van der Waals surface area contributed by atoms with Gasteiger partial charge in [-0.1, -0.05) is 25.0 Å². The molecule has 0 heterocycles. The van der Waals surface area contributed by atoms with E-state index in [9.17, 15) is 0 Å². The summed E-state index contributed by atoms with van der Waals surface area (Å²) in [6, 6.07) is 6.84. The van der Waals surface area contributed by atoms with Crippen LogP contribution in [0.15, 0.2) is 23.2 Å². The van der Waals surface area contributed by atoms with Crippen molar-refractivity contribution in [3.8, 4) is 5.75 Å². The third-order valence-electron chi connectivity index (χ3n) is 3.93. The molecule has 0 saturated heterocycles. The molecule has 0 bridgehead atoms. The van der Waals surface area contributed by atoms with Gasteiger partial charge in [0, 0.05) is 12.6 Å². The van der Waals surface area contributed by atoms with Crippen molar-refractivity contribution in [2.24, 2.45) is 4.99 Å². The van der Waals surface area contributed by atoms with Gasteiger partial charge in [0.05, 0.1) is 13.7 Å². The summed E-state index contributed by atoms with van der Waals surface area (Å²) < 4.78 is 5.37. The molecule has 116 valence electrons. The van der Waals surface area contributed by atoms with Gasteiger partial charge >= 0.3 is 0 Å². The number of rotatable bonds is 5. The first kappa shape index (κ1) is 15.7. The van der Waals surface area contributed by atoms with Crippen molar-refractivity contribution < 1.29 is 4.74 Å². The molecule has 1 saturated carbocycles. The number of nitrogens with zero attached hydrogens (tertiary/aromatic N) is 1. The van der Waals surface area contributed by atoms with Gasteiger partial charge in [-0.2, -0.15) is 0 Å². The van der Waals surface area contributed by atoms with Crippen molar-refractivity contribution in [2.75, 3.05) is 13.7 Å². The Kier molecular flexibility index (Phi) is 5.90. The van der Waals surface area contributed by atoms with Crippen molar-refractivity contribution >= 4 is 5.96 Å². The molecule has 0 atom stereocenters. The standard InChI is InChI=1S/C17H27N3O/c1-4-18-17(20-15-7-5-6-8-15)19-12-14-10-9-13(2)16(11-14)21-3/h9-11,15H,4-8,12H2,1-3H3,(H2,18,19,20). The number of aliphatic imine (C=N–C) groups is 1. The van der Waals surface area contributed by atoms with Crippen molar-refractivity contribution in [1.29, 1.82) is 0 Å². The molecule has 1 aliphatic rings. The molecule has 1 aromatic rings. The van der Waals surface area contributed by atoms with Crippen LogP contribution in [-0.4, -0.2) is 25.7 Å². The summed E-state index contributed by atoms with van der Waals surface area (Å²) in [4.78, 5) is 4.69. The number of guanidine groups is 1. The number of nitrogens with one attached hydrogen (secondary N) is 2. The lowest BCUT2D eigenvalue weighted by atomic mass is 10.1. The molecule has 1 fully saturated rings. The predicted octanol–water partition coefficient (Wildman–Crippen LogP) is 3.00. The summed E-state index contributed by atoms with van der Waals surface area (Å²) in [5.74, 6) is 1.85. The largest absolute Gasteiger partial charge is 0.496 e. The molecule has 1 aliphatic carbocycles. The minimum Gasteiger partial charge on any atom is -0.496 e. The SMILES string of the molecule is CCNC(=NCc1ccc(C)c(OC)c1)NC1CCCC1. The van der Waals surface area contributed by atoms with Crippen molar-refractivity contribution in [3.63, 3.8) is 0 Å². The lowest BCUT2D eigenvalue weighted by Gasteiger charge is -2.16. The van der Waals surface area contributed by atoms with Gasteiger partial charge in [-0.15, -0.1) is 0 Å². The zero-order chi connectivity index (χ0) is 15.1. The Morgan fingerprint density at radius 2 is 2.10 bits per heavy atom. The van der Waals surface area contributed by atoms with Gasteiger partial charge in [-0.3, -0.25) is 0 Å². The summed E-state index contributed by atoms with van der Waals surface area (Å²) in [5, 5.41) is 6.86. The van der Waals surface area contributed by atoms with E-state index in [4.69, 9.17) is 9.73 Å². The van der Waals surface area contributed by atoms with Gasteiger partial charge in [0.15, 0.2) is 5.96 Å². The normalized spacial score (nSPS) is 16.0. The lowest BCUT2D eigenvalue weighted by Crippen LogP contribution is -2.42. The third kappa shape index (κ3) is 4.66. The highest BCUT2D eigenvalue weighted by Gasteiger charge is 2.15. The molecule has 0 spiro atoms. The molecule has 0 amide bonds. The molecule has 0 radical (unpaired) electrons. The Labute approximate surface area is 128 Å². The van der Waals surface area contributed by atoms with Crippen LogP contribution >= 0.6 is 0 Å². The molecule has 4 heteroatoms. The van der Waals surface area contributed by atoms with Crippen LogP contribution in [0.4, 0.5) is 0 Å². The summed E-state index contributed by atoms with van der Waals surface area (Å²) in [5.41, 5.74) is 2.32. The fourth-order valence-electron chi connectivity index (χ4n) is 2.72. The first-order chi connectivity index (χ1) is 10.2. The summed E-state index contributed by atoms with van der Waals surface area (Å²) in [6.07, 6.45) is 5.16. The fraction of sp³-hybridized carbons (Fsp3) is 0.588. The van der Waals surface area contributed by atoms with Crippen LogP contribution in [0.25, 0.3) is 0 Å². The van der Waals surface area contributed by atoms with Crippen LogP contribution in [-0.2, 0) is 6.54 Å². The number of aryl methyl sites for hydroxylation is 1. The molecule has 4 nitrogen and oxygen atoms in total. The number of methoxy groups -OCH3 is 1. The first-order valence-electron chi connectivity index (χ1n) is 7.91. The first-order valence-corrected chi connectivity index (χ1v) is 7.91. The Morgan fingerprint density at radius 1 is 1.33 bits per heavy atom. The summed E-state index contributed by atoms with van der Waals surface area (Å²) >= 11 is 0. The van der Waals surface area contributed by atoms with E-state index in [1.54, 1.807) is 7.11 Å². The Hall–Kier alpha value is -1.71. The van der Waals surface area contributed by atoms with E-state index in [2.05, 4.69) is 42.7 Å². The van der Waals surface area contributed by atoms with Crippen LogP contribution in [0.5, 0.6) is 5.75 Å². The van der Waals surface area contributed by atoms with E-state index in [-0.39, 0.29) is 0 Å². The van der Waals surface area contributed by atoms with E-state index in [0.717, 1.165) is 23.8 Å². The minimum absolute atomic E-state index is 0.579. The van der Waals surface area contributed by atoms with Gasteiger partial charge in [0.25, 0.3) is 0 Å². The van der Waals surface area contributed by atoms with Crippen LogP contribution in [0.2, 0.25) is 0 Å². The summed E-state index contributed by atoms with van der Waals surface area (Å²) in [6.45, 7) is 5.70. The van der Waals surface area contributed by atoms with Gasteiger partial charge < -0.3 is 15.4 Å². The van der Waals surface area contributed by atoms with E-state index >= 15 is 0 Å². The molecule has 1 aromatic carbocycles. The van der Waals surface area contributed by atoms with Crippen molar-refractivity contribution in [3.05, 3.63) is 29.3 Å². The molecule has 0 unspecified atom stereocenters. The smallest absolute Gasteiger partial charge is 0.191 e. The maximum atomic E-state index is 5.37. The van der Waals surface area contributed by atoms with Gasteiger partial charge in [0.1, 0.15) is 5.75 Å². The molecular formula is C17H27N3O. The second-order valence-electron chi connectivity index (χ2n) is 5.62. The van der Waals surface area contributed by atoms with Crippen LogP contribution in [0.3, 0.4) is 0 Å². The number of ether oxygens (including phenoxy) is 1. The van der Waals surface area contributed by atoms with E-state index in [0.29, 0.717) is 12.6 Å².